The van der Waals surface area contributed by atoms with Gasteiger partial charge in [0.25, 0.3) is 0 Å². The second kappa shape index (κ2) is 4.35. The Kier molecular flexibility index (Phi) is 3.07. The number of carbonyl (C=O) groups excluding carboxylic acids is 1. The summed E-state index contributed by atoms with van der Waals surface area (Å²) in [6, 6.07) is 7.55. The molecule has 5 heteroatoms. The molecule has 4 nitrogen and oxygen atoms in total. The molecule has 16 heavy (non-hydrogen) atoms. The van der Waals surface area contributed by atoms with Gasteiger partial charge in [-0.25, -0.2) is 8.42 Å². The van der Waals surface area contributed by atoms with Crippen LogP contribution in [0.1, 0.15) is 12.8 Å². The molecule has 1 aliphatic heterocycles. The van der Waals surface area contributed by atoms with Gasteiger partial charge >= 0.3 is 0 Å². The highest BCUT2D eigenvalue weighted by molar-refractivity contribution is 7.89. The quantitative estimate of drug-likeness (QED) is 0.787. The molecule has 0 N–H and O–H groups in total. The van der Waals surface area contributed by atoms with Gasteiger partial charge in [-0.2, -0.15) is 4.31 Å². The van der Waals surface area contributed by atoms with E-state index in [9.17, 15) is 13.2 Å². The Morgan fingerprint density at radius 3 is 2.56 bits per heavy atom. The molecular formula is C11H12NO3S. The molecule has 1 aromatic rings. The molecular weight excluding hydrogens is 226 g/mol. The standard InChI is InChI=1S/C11H12NO3S/c13-9-10-5-4-8-12(10)16(14,15)11-6-2-1-3-7-11/h1-3,6-7,10H,4-5,8H2/t10-/m0/s1. The van der Waals surface area contributed by atoms with Gasteiger partial charge in [0.1, 0.15) is 0 Å². The van der Waals surface area contributed by atoms with Crippen LogP contribution in [0.15, 0.2) is 35.2 Å². The summed E-state index contributed by atoms with van der Waals surface area (Å²) in [5, 5.41) is 0. The first-order valence-electron chi connectivity index (χ1n) is 5.11. The van der Waals surface area contributed by atoms with Crippen LogP contribution >= 0.6 is 0 Å². The van der Waals surface area contributed by atoms with Crippen molar-refractivity contribution in [3.05, 3.63) is 30.3 Å². The van der Waals surface area contributed by atoms with E-state index in [1.807, 2.05) is 0 Å². The molecule has 0 aromatic heterocycles. The SMILES string of the molecule is O=[C][C@@H]1CCCN1S(=O)(=O)c1ccccc1. The molecule has 1 fully saturated rings. The molecule has 0 saturated carbocycles. The van der Waals surface area contributed by atoms with Gasteiger partial charge in [-0.05, 0) is 25.0 Å². The third kappa shape index (κ3) is 1.88. The summed E-state index contributed by atoms with van der Waals surface area (Å²) in [6.45, 7) is 0.400. The van der Waals surface area contributed by atoms with E-state index in [0.717, 1.165) is 0 Å². The number of hydrogen-bond donors (Lipinski definition) is 0. The van der Waals surface area contributed by atoms with Crippen LogP contribution in [-0.2, 0) is 14.8 Å². The lowest BCUT2D eigenvalue weighted by Gasteiger charge is -2.19. The summed E-state index contributed by atoms with van der Waals surface area (Å²) in [6.07, 6.45) is 3.07. The molecule has 1 heterocycles. The number of rotatable bonds is 3. The van der Waals surface area contributed by atoms with E-state index in [1.54, 1.807) is 24.5 Å². The molecule has 1 aromatic carbocycles. The number of benzene rings is 1. The molecule has 1 aliphatic rings. The highest BCUT2D eigenvalue weighted by Gasteiger charge is 2.35. The number of nitrogens with zero attached hydrogens (tertiary/aromatic N) is 1. The van der Waals surface area contributed by atoms with Crippen LogP contribution in [-0.4, -0.2) is 31.6 Å². The van der Waals surface area contributed by atoms with Crippen molar-refractivity contribution in [2.45, 2.75) is 23.8 Å². The topological polar surface area (TPSA) is 54.5 Å². The van der Waals surface area contributed by atoms with E-state index in [-0.39, 0.29) is 4.90 Å². The average molecular weight is 238 g/mol. The van der Waals surface area contributed by atoms with E-state index in [1.165, 1.54) is 16.4 Å². The summed E-state index contributed by atoms with van der Waals surface area (Å²) >= 11 is 0. The van der Waals surface area contributed by atoms with Gasteiger partial charge in [-0.15, -0.1) is 0 Å². The largest absolute Gasteiger partial charge is 0.289 e. The van der Waals surface area contributed by atoms with E-state index in [0.29, 0.717) is 19.4 Å². The van der Waals surface area contributed by atoms with Gasteiger partial charge in [0.2, 0.25) is 16.3 Å². The van der Waals surface area contributed by atoms with Crippen molar-refractivity contribution >= 4 is 16.3 Å². The predicted octanol–water partition coefficient (Wildman–Crippen LogP) is 0.949. The van der Waals surface area contributed by atoms with E-state index < -0.39 is 16.1 Å². The van der Waals surface area contributed by atoms with Crippen molar-refractivity contribution in [2.75, 3.05) is 6.54 Å². The maximum atomic E-state index is 12.2. The zero-order chi connectivity index (χ0) is 11.6. The summed E-state index contributed by atoms with van der Waals surface area (Å²) < 4.78 is 25.5. The van der Waals surface area contributed by atoms with Crippen LogP contribution in [0.5, 0.6) is 0 Å². The van der Waals surface area contributed by atoms with E-state index in [4.69, 9.17) is 0 Å². The lowest BCUT2D eigenvalue weighted by atomic mass is 10.2. The first-order valence-corrected chi connectivity index (χ1v) is 6.55. The lowest BCUT2D eigenvalue weighted by molar-refractivity contribution is 0.426. The molecule has 0 amide bonds. The van der Waals surface area contributed by atoms with Crippen molar-refractivity contribution in [2.24, 2.45) is 0 Å². The van der Waals surface area contributed by atoms with Crippen molar-refractivity contribution < 1.29 is 13.2 Å². The predicted molar refractivity (Wildman–Crippen MR) is 59.0 cm³/mol. The van der Waals surface area contributed by atoms with Gasteiger partial charge in [-0.1, -0.05) is 18.2 Å². The van der Waals surface area contributed by atoms with E-state index in [2.05, 4.69) is 0 Å². The third-order valence-electron chi connectivity index (χ3n) is 2.69. The lowest BCUT2D eigenvalue weighted by Crippen LogP contribution is -2.36. The minimum Gasteiger partial charge on any atom is -0.289 e. The molecule has 1 saturated heterocycles. The maximum absolute atomic E-state index is 12.2. The Balaban J connectivity index is 2.36. The van der Waals surface area contributed by atoms with Crippen LogP contribution in [0.25, 0.3) is 0 Å². The zero-order valence-corrected chi connectivity index (χ0v) is 9.48. The van der Waals surface area contributed by atoms with Crippen LogP contribution in [0.3, 0.4) is 0 Å². The van der Waals surface area contributed by atoms with E-state index >= 15 is 0 Å². The summed E-state index contributed by atoms with van der Waals surface area (Å²) in [5.74, 6) is 0. The molecule has 1 radical (unpaired) electrons. The summed E-state index contributed by atoms with van der Waals surface area (Å²) in [4.78, 5) is 10.9. The van der Waals surface area contributed by atoms with Crippen molar-refractivity contribution in [1.29, 1.82) is 0 Å². The average Bonchev–Trinajstić information content (AvgIpc) is 2.79. The highest BCUT2D eigenvalue weighted by Crippen LogP contribution is 2.24. The fourth-order valence-electron chi connectivity index (χ4n) is 1.87. The Bertz CT molecular complexity index is 469. The van der Waals surface area contributed by atoms with Crippen molar-refractivity contribution in [3.63, 3.8) is 0 Å². The van der Waals surface area contributed by atoms with Gasteiger partial charge in [0, 0.05) is 6.54 Å². The molecule has 0 bridgehead atoms. The maximum Gasteiger partial charge on any atom is 0.243 e. The Morgan fingerprint density at radius 2 is 1.94 bits per heavy atom. The Labute approximate surface area is 94.9 Å². The Morgan fingerprint density at radius 1 is 1.25 bits per heavy atom. The van der Waals surface area contributed by atoms with Crippen LogP contribution in [0.4, 0.5) is 0 Å². The van der Waals surface area contributed by atoms with Crippen LogP contribution < -0.4 is 0 Å². The molecule has 1 atom stereocenters. The van der Waals surface area contributed by atoms with Crippen LogP contribution in [0.2, 0.25) is 0 Å². The summed E-state index contributed by atoms with van der Waals surface area (Å²) in [5.41, 5.74) is 0. The van der Waals surface area contributed by atoms with Crippen molar-refractivity contribution in [3.8, 4) is 0 Å². The minimum absolute atomic E-state index is 0.233. The first kappa shape index (κ1) is 11.3. The molecule has 0 aliphatic carbocycles. The highest BCUT2D eigenvalue weighted by atomic mass is 32.2. The second-order valence-electron chi connectivity index (χ2n) is 3.70. The van der Waals surface area contributed by atoms with Crippen LogP contribution in [0, 0.1) is 0 Å². The van der Waals surface area contributed by atoms with Gasteiger partial charge in [-0.3, -0.25) is 4.79 Å². The molecule has 2 rings (SSSR count). The Hall–Kier alpha value is -1.20. The molecule has 0 spiro atoms. The fourth-order valence-corrected chi connectivity index (χ4v) is 3.50. The minimum atomic E-state index is -3.53. The smallest absolute Gasteiger partial charge is 0.243 e. The van der Waals surface area contributed by atoms with Gasteiger partial charge in [0.05, 0.1) is 10.9 Å². The monoisotopic (exact) mass is 238 g/mol. The number of hydrogen-bond acceptors (Lipinski definition) is 3. The number of sulfonamides is 1. The third-order valence-corrected chi connectivity index (χ3v) is 4.61. The molecule has 0 unspecified atom stereocenters. The second-order valence-corrected chi connectivity index (χ2v) is 5.60. The normalized spacial score (nSPS) is 22.1. The fraction of sp³-hybridized carbons (Fsp3) is 0.364. The van der Waals surface area contributed by atoms with Gasteiger partial charge in [0.15, 0.2) is 0 Å². The van der Waals surface area contributed by atoms with Crippen molar-refractivity contribution in [1.82, 2.24) is 4.31 Å². The first-order chi connectivity index (χ1) is 7.66. The summed E-state index contributed by atoms with van der Waals surface area (Å²) in [7, 11) is -3.53. The van der Waals surface area contributed by atoms with Gasteiger partial charge < -0.3 is 0 Å². The molecule has 85 valence electrons. The zero-order valence-electron chi connectivity index (χ0n) is 8.67.